The van der Waals surface area contributed by atoms with Crippen LogP contribution in [0.2, 0.25) is 0 Å². The summed E-state index contributed by atoms with van der Waals surface area (Å²) in [6.45, 7) is 2.75. The van der Waals surface area contributed by atoms with Crippen LogP contribution < -0.4 is 5.32 Å². The van der Waals surface area contributed by atoms with Crippen LogP contribution in [-0.4, -0.2) is 56.0 Å². The van der Waals surface area contributed by atoms with Crippen molar-refractivity contribution >= 4 is 39.8 Å². The van der Waals surface area contributed by atoms with Crippen LogP contribution in [0.3, 0.4) is 0 Å². The summed E-state index contributed by atoms with van der Waals surface area (Å²) >= 11 is 0. The molecule has 6 nitrogen and oxygen atoms in total. The van der Waals surface area contributed by atoms with Crippen LogP contribution in [0.5, 0.6) is 0 Å². The van der Waals surface area contributed by atoms with Crippen molar-refractivity contribution in [1.82, 2.24) is 14.8 Å². The summed E-state index contributed by atoms with van der Waals surface area (Å²) in [5.74, 6) is 0.991. The van der Waals surface area contributed by atoms with Gasteiger partial charge in [-0.1, -0.05) is 6.92 Å². The lowest BCUT2D eigenvalue weighted by molar-refractivity contribution is 0.463. The van der Waals surface area contributed by atoms with Gasteiger partial charge in [-0.25, -0.2) is 8.42 Å². The molecular formula is C13H25IN4O2S. The lowest BCUT2D eigenvalue weighted by Crippen LogP contribution is -2.40. The van der Waals surface area contributed by atoms with Crippen LogP contribution in [0.15, 0.2) is 23.3 Å². The Labute approximate surface area is 144 Å². The highest BCUT2D eigenvalue weighted by Gasteiger charge is 2.10. The monoisotopic (exact) mass is 428 g/mol. The van der Waals surface area contributed by atoms with Gasteiger partial charge in [-0.15, -0.1) is 24.0 Å². The van der Waals surface area contributed by atoms with E-state index < -0.39 is 9.84 Å². The molecule has 1 N–H and O–H groups in total. The zero-order valence-electron chi connectivity index (χ0n) is 13.0. The molecule has 0 saturated carbocycles. The minimum absolute atomic E-state index is 0. The minimum Gasteiger partial charge on any atom is -0.355 e. The predicted molar refractivity (Wildman–Crippen MR) is 98.0 cm³/mol. The summed E-state index contributed by atoms with van der Waals surface area (Å²) in [6.07, 6.45) is 1.99. The van der Waals surface area contributed by atoms with Gasteiger partial charge in [0.2, 0.25) is 0 Å². The van der Waals surface area contributed by atoms with E-state index in [0.717, 1.165) is 5.69 Å². The van der Waals surface area contributed by atoms with Gasteiger partial charge in [0, 0.05) is 45.3 Å². The first kappa shape index (κ1) is 20.2. The molecule has 21 heavy (non-hydrogen) atoms. The summed E-state index contributed by atoms with van der Waals surface area (Å²) in [7, 11) is 2.67. The van der Waals surface area contributed by atoms with E-state index in [4.69, 9.17) is 0 Å². The third kappa shape index (κ3) is 6.68. The van der Waals surface area contributed by atoms with Gasteiger partial charge in [0.1, 0.15) is 0 Å². The van der Waals surface area contributed by atoms with Gasteiger partial charge in [-0.3, -0.25) is 4.99 Å². The highest BCUT2D eigenvalue weighted by Crippen LogP contribution is 2.03. The standard InChI is InChI=1S/C13H24N4O2S.HI/c1-5-20(18,19)10-8-15-13(14-2)17(4)11-12-7-6-9-16(12)3;/h6-7,9H,5,8,10-11H2,1-4H3,(H,14,15);1H. The first-order valence-electron chi connectivity index (χ1n) is 6.62. The van der Waals surface area contributed by atoms with Crippen LogP contribution >= 0.6 is 24.0 Å². The van der Waals surface area contributed by atoms with Crippen LogP contribution in [0.1, 0.15) is 12.6 Å². The van der Waals surface area contributed by atoms with Gasteiger partial charge in [0.25, 0.3) is 0 Å². The lowest BCUT2D eigenvalue weighted by atomic mass is 10.4. The molecule has 1 aromatic rings. The van der Waals surface area contributed by atoms with Gasteiger partial charge in [0.15, 0.2) is 15.8 Å². The minimum atomic E-state index is -2.95. The predicted octanol–water partition coefficient (Wildman–Crippen LogP) is 1.09. The average Bonchev–Trinajstić information content (AvgIpc) is 2.80. The lowest BCUT2D eigenvalue weighted by Gasteiger charge is -2.22. The van der Waals surface area contributed by atoms with Crippen LogP contribution in [0.4, 0.5) is 0 Å². The molecule has 0 amide bonds. The molecule has 0 bridgehead atoms. The van der Waals surface area contributed by atoms with Crippen molar-refractivity contribution < 1.29 is 8.42 Å². The molecule has 1 rings (SSSR count). The van der Waals surface area contributed by atoms with Crippen molar-refractivity contribution in [3.8, 4) is 0 Å². The zero-order valence-corrected chi connectivity index (χ0v) is 16.2. The molecule has 0 saturated heterocycles. The van der Waals surface area contributed by atoms with Gasteiger partial charge in [-0.2, -0.15) is 0 Å². The maximum absolute atomic E-state index is 11.4. The van der Waals surface area contributed by atoms with Crippen LogP contribution in [0, 0.1) is 0 Å². The molecule has 122 valence electrons. The van der Waals surface area contributed by atoms with Crippen molar-refractivity contribution in [3.63, 3.8) is 0 Å². The first-order valence-corrected chi connectivity index (χ1v) is 8.44. The Kier molecular flexibility index (Phi) is 8.95. The van der Waals surface area contributed by atoms with Gasteiger partial charge in [0.05, 0.1) is 12.3 Å². The summed E-state index contributed by atoms with van der Waals surface area (Å²) in [4.78, 5) is 6.14. The topological polar surface area (TPSA) is 66.7 Å². The van der Waals surface area contributed by atoms with E-state index in [1.807, 2.05) is 41.9 Å². The summed E-state index contributed by atoms with van der Waals surface area (Å²) in [5.41, 5.74) is 1.16. The number of nitrogens with zero attached hydrogens (tertiary/aromatic N) is 3. The van der Waals surface area contributed by atoms with Crippen molar-refractivity contribution in [3.05, 3.63) is 24.0 Å². The summed E-state index contributed by atoms with van der Waals surface area (Å²) in [6, 6.07) is 4.04. The van der Waals surface area contributed by atoms with Gasteiger partial charge in [-0.05, 0) is 12.1 Å². The molecule has 0 aliphatic rings. The third-order valence-electron chi connectivity index (χ3n) is 3.16. The molecule has 1 aromatic heterocycles. The molecule has 0 aliphatic carbocycles. The van der Waals surface area contributed by atoms with Crippen LogP contribution in [0.25, 0.3) is 0 Å². The average molecular weight is 428 g/mol. The number of hydrogen-bond acceptors (Lipinski definition) is 3. The second-order valence-corrected chi connectivity index (χ2v) is 7.15. The fraction of sp³-hybridized carbons (Fsp3) is 0.615. The maximum Gasteiger partial charge on any atom is 0.193 e. The number of aryl methyl sites for hydroxylation is 1. The van der Waals surface area contributed by atoms with E-state index in [2.05, 4.69) is 10.3 Å². The van der Waals surface area contributed by atoms with E-state index in [9.17, 15) is 8.42 Å². The molecule has 0 aliphatic heterocycles. The molecular weight excluding hydrogens is 403 g/mol. The molecule has 0 fully saturated rings. The van der Waals surface area contributed by atoms with E-state index in [1.54, 1.807) is 14.0 Å². The second kappa shape index (κ2) is 9.29. The van der Waals surface area contributed by atoms with Crippen molar-refractivity contribution in [2.24, 2.45) is 12.0 Å². The molecule has 8 heteroatoms. The molecule has 0 radical (unpaired) electrons. The quantitative estimate of drug-likeness (QED) is 0.419. The Bertz CT molecular complexity index is 554. The second-order valence-electron chi connectivity index (χ2n) is 4.68. The largest absolute Gasteiger partial charge is 0.355 e. The number of aliphatic imine (C=N–C) groups is 1. The van der Waals surface area contributed by atoms with E-state index in [1.165, 1.54) is 0 Å². The molecule has 0 atom stereocenters. The number of aromatic nitrogens is 1. The number of guanidine groups is 1. The van der Waals surface area contributed by atoms with Crippen molar-refractivity contribution in [2.45, 2.75) is 13.5 Å². The number of hydrogen-bond donors (Lipinski definition) is 1. The first-order chi connectivity index (χ1) is 9.39. The Morgan fingerprint density at radius 3 is 2.62 bits per heavy atom. The molecule has 0 aromatic carbocycles. The van der Waals surface area contributed by atoms with E-state index in [0.29, 0.717) is 19.0 Å². The zero-order chi connectivity index (χ0) is 15.2. The summed E-state index contributed by atoms with van der Waals surface area (Å²) < 4.78 is 24.9. The smallest absolute Gasteiger partial charge is 0.193 e. The number of rotatable bonds is 6. The number of halogens is 1. The van der Waals surface area contributed by atoms with E-state index in [-0.39, 0.29) is 35.5 Å². The Balaban J connectivity index is 0.00000400. The normalized spacial score (nSPS) is 11.9. The maximum atomic E-state index is 11.4. The van der Waals surface area contributed by atoms with Gasteiger partial charge < -0.3 is 14.8 Å². The fourth-order valence-corrected chi connectivity index (χ4v) is 2.53. The Morgan fingerprint density at radius 2 is 2.14 bits per heavy atom. The number of nitrogens with one attached hydrogen (secondary N) is 1. The third-order valence-corrected chi connectivity index (χ3v) is 4.87. The highest BCUT2D eigenvalue weighted by atomic mass is 127. The summed E-state index contributed by atoms with van der Waals surface area (Å²) in [5, 5.41) is 3.08. The molecule has 0 unspecified atom stereocenters. The van der Waals surface area contributed by atoms with E-state index >= 15 is 0 Å². The number of sulfone groups is 1. The fourth-order valence-electron chi connectivity index (χ4n) is 1.83. The molecule has 1 heterocycles. The Morgan fingerprint density at radius 1 is 1.48 bits per heavy atom. The van der Waals surface area contributed by atoms with Crippen molar-refractivity contribution in [2.75, 3.05) is 32.1 Å². The van der Waals surface area contributed by atoms with Gasteiger partial charge >= 0.3 is 0 Å². The van der Waals surface area contributed by atoms with Crippen molar-refractivity contribution in [1.29, 1.82) is 0 Å². The Hall–Kier alpha value is -0.770. The SMILES string of the molecule is CCS(=O)(=O)CCNC(=NC)N(C)Cc1cccn1C.I. The van der Waals surface area contributed by atoms with Crippen LogP contribution in [-0.2, 0) is 23.4 Å². The highest BCUT2D eigenvalue weighted by molar-refractivity contribution is 14.0. The molecule has 0 spiro atoms.